The average molecular weight is 387 g/mol. The predicted octanol–water partition coefficient (Wildman–Crippen LogP) is 4.27. The summed E-state index contributed by atoms with van der Waals surface area (Å²) < 4.78 is 5.24. The Labute approximate surface area is 168 Å². The minimum absolute atomic E-state index is 0.153. The van der Waals surface area contributed by atoms with Gasteiger partial charge in [0.05, 0.1) is 12.7 Å². The second-order valence-electron chi connectivity index (χ2n) is 7.39. The summed E-state index contributed by atoms with van der Waals surface area (Å²) in [5, 5.41) is 19.6. The SMILES string of the molecule is COc1ccc2nn(-c3cc(C(C)(C)c4ccccc4)cc(C=O)c3O)nc2c1. The van der Waals surface area contributed by atoms with E-state index in [1.165, 1.54) is 4.80 Å². The Kier molecular flexibility index (Phi) is 4.54. The Morgan fingerprint density at radius 1 is 0.966 bits per heavy atom. The maximum absolute atomic E-state index is 11.7. The molecule has 146 valence electrons. The molecule has 6 nitrogen and oxygen atoms in total. The second kappa shape index (κ2) is 7.05. The van der Waals surface area contributed by atoms with Crippen LogP contribution in [0.3, 0.4) is 0 Å². The first-order valence-electron chi connectivity index (χ1n) is 9.23. The lowest BCUT2D eigenvalue weighted by Gasteiger charge is -2.27. The van der Waals surface area contributed by atoms with Crippen LogP contribution in [0.15, 0.2) is 60.7 Å². The quantitative estimate of drug-likeness (QED) is 0.518. The molecule has 4 aromatic rings. The summed E-state index contributed by atoms with van der Waals surface area (Å²) in [7, 11) is 1.59. The minimum Gasteiger partial charge on any atom is -0.505 e. The first-order valence-corrected chi connectivity index (χ1v) is 9.23. The van der Waals surface area contributed by atoms with E-state index in [0.717, 1.165) is 11.1 Å². The Bertz CT molecular complexity index is 1200. The zero-order chi connectivity index (χ0) is 20.6. The number of rotatable bonds is 5. The number of hydrogen-bond donors (Lipinski definition) is 1. The summed E-state index contributed by atoms with van der Waals surface area (Å²) in [6.07, 6.45) is 0.648. The highest BCUT2D eigenvalue weighted by Gasteiger charge is 2.26. The number of aromatic nitrogens is 3. The number of methoxy groups -OCH3 is 1. The van der Waals surface area contributed by atoms with Crippen molar-refractivity contribution in [3.05, 3.63) is 77.4 Å². The minimum atomic E-state index is -0.392. The molecule has 0 spiro atoms. The highest BCUT2D eigenvalue weighted by Crippen LogP contribution is 2.36. The molecule has 0 fully saturated rings. The third kappa shape index (κ3) is 3.23. The van der Waals surface area contributed by atoms with E-state index >= 15 is 0 Å². The third-order valence-corrected chi connectivity index (χ3v) is 5.27. The lowest BCUT2D eigenvalue weighted by molar-refractivity contribution is 0.112. The Morgan fingerprint density at radius 3 is 2.38 bits per heavy atom. The van der Waals surface area contributed by atoms with Gasteiger partial charge in [-0.25, -0.2) is 0 Å². The molecule has 1 aromatic heterocycles. The number of phenolic OH excluding ortho intramolecular Hbond substituents is 1. The van der Waals surface area contributed by atoms with Crippen LogP contribution in [0.2, 0.25) is 0 Å². The first kappa shape index (κ1) is 18.7. The van der Waals surface area contributed by atoms with Gasteiger partial charge in [0, 0.05) is 11.5 Å². The fourth-order valence-corrected chi connectivity index (χ4v) is 3.39. The van der Waals surface area contributed by atoms with Crippen molar-refractivity contribution in [1.29, 1.82) is 0 Å². The summed E-state index contributed by atoms with van der Waals surface area (Å²) in [6, 6.07) is 18.9. The number of fused-ring (bicyclic) bond motifs is 1. The molecule has 4 rings (SSSR count). The average Bonchev–Trinajstić information content (AvgIpc) is 3.17. The van der Waals surface area contributed by atoms with Gasteiger partial charge < -0.3 is 9.84 Å². The molecule has 0 unspecified atom stereocenters. The third-order valence-electron chi connectivity index (χ3n) is 5.27. The van der Waals surface area contributed by atoms with Gasteiger partial charge in [0.1, 0.15) is 22.5 Å². The lowest BCUT2D eigenvalue weighted by atomic mass is 9.77. The number of carbonyl (C=O) groups is 1. The van der Waals surface area contributed by atoms with E-state index in [9.17, 15) is 9.90 Å². The molecular weight excluding hydrogens is 366 g/mol. The van der Waals surface area contributed by atoms with Crippen molar-refractivity contribution in [2.45, 2.75) is 19.3 Å². The van der Waals surface area contributed by atoms with Crippen LogP contribution in [0.25, 0.3) is 16.7 Å². The van der Waals surface area contributed by atoms with Crippen LogP contribution in [-0.2, 0) is 5.41 Å². The van der Waals surface area contributed by atoms with Crippen LogP contribution in [0.4, 0.5) is 0 Å². The fraction of sp³-hybridized carbons (Fsp3) is 0.174. The van der Waals surface area contributed by atoms with Crippen molar-refractivity contribution in [1.82, 2.24) is 15.0 Å². The zero-order valence-electron chi connectivity index (χ0n) is 16.5. The fourth-order valence-electron chi connectivity index (χ4n) is 3.39. The largest absolute Gasteiger partial charge is 0.505 e. The van der Waals surface area contributed by atoms with Gasteiger partial charge in [-0.1, -0.05) is 44.2 Å². The topological polar surface area (TPSA) is 77.2 Å². The van der Waals surface area contributed by atoms with Crippen LogP contribution < -0.4 is 4.74 Å². The van der Waals surface area contributed by atoms with Gasteiger partial charge in [-0.3, -0.25) is 4.79 Å². The molecule has 0 amide bonds. The van der Waals surface area contributed by atoms with Gasteiger partial charge >= 0.3 is 0 Å². The number of aromatic hydroxyl groups is 1. The van der Waals surface area contributed by atoms with E-state index in [2.05, 4.69) is 24.0 Å². The van der Waals surface area contributed by atoms with E-state index in [1.807, 2.05) is 36.4 Å². The van der Waals surface area contributed by atoms with Gasteiger partial charge in [-0.05, 0) is 35.4 Å². The summed E-state index contributed by atoms with van der Waals surface area (Å²) in [5.74, 6) is 0.515. The van der Waals surface area contributed by atoms with E-state index in [1.54, 1.807) is 31.4 Å². The van der Waals surface area contributed by atoms with E-state index in [4.69, 9.17) is 4.74 Å². The van der Waals surface area contributed by atoms with Gasteiger partial charge in [-0.15, -0.1) is 15.0 Å². The summed E-state index contributed by atoms with van der Waals surface area (Å²) in [4.78, 5) is 13.0. The second-order valence-corrected chi connectivity index (χ2v) is 7.39. The Balaban J connectivity index is 1.90. The Hall–Kier alpha value is -3.67. The van der Waals surface area contributed by atoms with Gasteiger partial charge in [0.25, 0.3) is 0 Å². The van der Waals surface area contributed by atoms with Crippen molar-refractivity contribution >= 4 is 17.3 Å². The standard InChI is InChI=1S/C23H21N3O3/c1-23(2,16-7-5-4-6-8-16)17-11-15(14-27)22(28)21(12-17)26-24-19-10-9-18(29-3)13-20(19)25-26/h4-14,28H,1-3H3. The van der Waals surface area contributed by atoms with Crippen LogP contribution in [0.5, 0.6) is 11.5 Å². The normalized spacial score (nSPS) is 11.6. The molecule has 0 aliphatic heterocycles. The van der Waals surface area contributed by atoms with Crippen LogP contribution >= 0.6 is 0 Å². The van der Waals surface area contributed by atoms with Crippen molar-refractivity contribution in [2.75, 3.05) is 7.11 Å². The summed E-state index contributed by atoms with van der Waals surface area (Å²) in [6.45, 7) is 4.15. The van der Waals surface area contributed by atoms with E-state index in [-0.39, 0.29) is 11.3 Å². The van der Waals surface area contributed by atoms with Crippen molar-refractivity contribution in [3.63, 3.8) is 0 Å². The number of ether oxygens (including phenoxy) is 1. The summed E-state index contributed by atoms with van der Waals surface area (Å²) in [5.41, 5.74) is 3.41. The maximum atomic E-state index is 11.7. The van der Waals surface area contributed by atoms with Gasteiger partial charge in [-0.2, -0.15) is 0 Å². The molecule has 29 heavy (non-hydrogen) atoms. The summed E-state index contributed by atoms with van der Waals surface area (Å²) >= 11 is 0. The molecule has 0 bridgehead atoms. The van der Waals surface area contributed by atoms with Crippen molar-refractivity contribution < 1.29 is 14.6 Å². The number of benzene rings is 3. The molecule has 1 N–H and O–H groups in total. The molecule has 0 radical (unpaired) electrons. The number of aldehydes is 1. The molecule has 0 aliphatic rings. The molecule has 0 saturated carbocycles. The molecular formula is C23H21N3O3. The van der Waals surface area contributed by atoms with E-state index in [0.29, 0.717) is 28.8 Å². The lowest BCUT2D eigenvalue weighted by Crippen LogP contribution is -2.20. The number of hydrogen-bond acceptors (Lipinski definition) is 5. The number of carbonyl (C=O) groups excluding carboxylic acids is 1. The monoisotopic (exact) mass is 387 g/mol. The Morgan fingerprint density at radius 2 is 1.69 bits per heavy atom. The molecule has 0 aliphatic carbocycles. The molecule has 3 aromatic carbocycles. The van der Waals surface area contributed by atoms with Gasteiger partial charge in [0.15, 0.2) is 12.0 Å². The van der Waals surface area contributed by atoms with Crippen molar-refractivity contribution in [2.24, 2.45) is 0 Å². The van der Waals surface area contributed by atoms with Crippen LogP contribution in [0.1, 0.15) is 35.3 Å². The molecule has 0 atom stereocenters. The maximum Gasteiger partial charge on any atom is 0.153 e. The van der Waals surface area contributed by atoms with Crippen LogP contribution in [0, 0.1) is 0 Å². The van der Waals surface area contributed by atoms with Crippen LogP contribution in [-0.4, -0.2) is 33.5 Å². The number of phenols is 1. The first-order chi connectivity index (χ1) is 13.9. The van der Waals surface area contributed by atoms with Gasteiger partial charge in [0.2, 0.25) is 0 Å². The highest BCUT2D eigenvalue weighted by molar-refractivity contribution is 5.83. The van der Waals surface area contributed by atoms with E-state index < -0.39 is 5.41 Å². The zero-order valence-corrected chi connectivity index (χ0v) is 16.5. The number of nitrogens with zero attached hydrogens (tertiary/aromatic N) is 3. The highest BCUT2D eigenvalue weighted by atomic mass is 16.5. The smallest absolute Gasteiger partial charge is 0.153 e. The van der Waals surface area contributed by atoms with Crippen molar-refractivity contribution in [3.8, 4) is 17.2 Å². The molecule has 6 heteroatoms. The predicted molar refractivity (Wildman–Crippen MR) is 111 cm³/mol. The molecule has 0 saturated heterocycles. The molecule has 1 heterocycles.